The van der Waals surface area contributed by atoms with Gasteiger partial charge in [-0.25, -0.2) is 0 Å². The predicted octanol–water partition coefficient (Wildman–Crippen LogP) is 4.36. The molecule has 31 heavy (non-hydrogen) atoms. The average molecular weight is 478 g/mol. The van der Waals surface area contributed by atoms with Crippen molar-refractivity contribution in [1.82, 2.24) is 14.8 Å². The normalized spacial score (nSPS) is 17.3. The lowest BCUT2D eigenvalue weighted by molar-refractivity contribution is -0.133. The van der Waals surface area contributed by atoms with Crippen LogP contribution in [0.25, 0.3) is 22.0 Å². The second-order valence-corrected chi connectivity index (χ2v) is 9.36. The van der Waals surface area contributed by atoms with Crippen LogP contribution in [-0.4, -0.2) is 40.4 Å². The van der Waals surface area contributed by atoms with E-state index < -0.39 is 0 Å². The second-order valence-electron chi connectivity index (χ2n) is 8.50. The number of aromatic nitrogens is 1. The van der Waals surface area contributed by atoms with Gasteiger partial charge in [-0.05, 0) is 41.3 Å². The zero-order valence-electron chi connectivity index (χ0n) is 17.6. The molecule has 0 saturated carbocycles. The van der Waals surface area contributed by atoms with Crippen molar-refractivity contribution in [3.8, 4) is 11.1 Å². The fourth-order valence-corrected chi connectivity index (χ4v) is 5.93. The van der Waals surface area contributed by atoms with Crippen LogP contribution < -0.4 is 5.32 Å². The van der Waals surface area contributed by atoms with Crippen LogP contribution >= 0.6 is 15.9 Å². The summed E-state index contributed by atoms with van der Waals surface area (Å²) in [4.78, 5) is 26.1. The number of benzene rings is 2. The molecule has 5 nitrogen and oxygen atoms in total. The largest absolute Gasteiger partial charge is 0.348 e. The Labute approximate surface area is 189 Å². The van der Waals surface area contributed by atoms with Crippen molar-refractivity contribution in [2.45, 2.75) is 32.4 Å². The van der Waals surface area contributed by atoms with E-state index in [1.807, 2.05) is 0 Å². The average Bonchev–Trinajstić information content (AvgIpc) is 3.09. The molecule has 0 radical (unpaired) electrons. The lowest BCUT2D eigenvalue weighted by atomic mass is 9.79. The van der Waals surface area contributed by atoms with E-state index in [9.17, 15) is 9.59 Å². The molecule has 2 heterocycles. The molecule has 1 N–H and O–H groups in total. The van der Waals surface area contributed by atoms with Gasteiger partial charge in [0.25, 0.3) is 0 Å². The van der Waals surface area contributed by atoms with E-state index in [0.717, 1.165) is 15.6 Å². The third-order valence-electron chi connectivity index (χ3n) is 6.52. The third kappa shape index (κ3) is 3.12. The van der Waals surface area contributed by atoms with Crippen molar-refractivity contribution in [1.29, 1.82) is 0 Å². The van der Waals surface area contributed by atoms with E-state index in [-0.39, 0.29) is 30.3 Å². The highest BCUT2D eigenvalue weighted by molar-refractivity contribution is 9.10. The van der Waals surface area contributed by atoms with Crippen molar-refractivity contribution in [3.63, 3.8) is 0 Å². The summed E-state index contributed by atoms with van der Waals surface area (Å²) in [6, 6.07) is 10.7. The Kier molecular flexibility index (Phi) is 4.77. The number of amides is 2. The monoisotopic (exact) mass is 477 g/mol. The Balaban J connectivity index is 1.49. The van der Waals surface area contributed by atoms with Gasteiger partial charge in [-0.2, -0.15) is 0 Å². The van der Waals surface area contributed by atoms with Crippen LogP contribution in [0.1, 0.15) is 29.5 Å². The van der Waals surface area contributed by atoms with E-state index in [2.05, 4.69) is 82.8 Å². The van der Waals surface area contributed by atoms with Crippen LogP contribution in [-0.2, 0) is 16.1 Å². The first-order chi connectivity index (χ1) is 14.9. The van der Waals surface area contributed by atoms with Crippen molar-refractivity contribution in [2.24, 2.45) is 0 Å². The molecule has 158 valence electrons. The summed E-state index contributed by atoms with van der Waals surface area (Å²) in [6.07, 6.45) is 3.43. The highest BCUT2D eigenvalue weighted by atomic mass is 79.9. The van der Waals surface area contributed by atoms with Crippen molar-refractivity contribution in [2.75, 3.05) is 13.1 Å². The topological polar surface area (TPSA) is 54.3 Å². The molecule has 6 heteroatoms. The molecule has 1 saturated heterocycles. The first-order valence-corrected chi connectivity index (χ1v) is 11.3. The highest BCUT2D eigenvalue weighted by Gasteiger charge is 2.32. The SMILES string of the molecule is C=CC(=O)N1CC(NC(=O)Cn2cc3c4c(c(Br)cc(C)c42)C(C)c2ccccc2-3)C1. The number of nitrogens with one attached hydrogen (secondary N) is 1. The van der Waals surface area contributed by atoms with Gasteiger partial charge in [-0.15, -0.1) is 0 Å². The molecule has 1 aromatic heterocycles. The van der Waals surface area contributed by atoms with Gasteiger partial charge in [-0.3, -0.25) is 9.59 Å². The molecular weight excluding hydrogens is 454 g/mol. The third-order valence-corrected chi connectivity index (χ3v) is 7.18. The molecule has 2 aromatic carbocycles. The Morgan fingerprint density at radius 2 is 2.00 bits per heavy atom. The van der Waals surface area contributed by atoms with Crippen LogP contribution in [0.15, 0.2) is 53.7 Å². The van der Waals surface area contributed by atoms with Gasteiger partial charge in [0, 0.05) is 40.6 Å². The summed E-state index contributed by atoms with van der Waals surface area (Å²) < 4.78 is 3.19. The quantitative estimate of drug-likeness (QED) is 0.567. The van der Waals surface area contributed by atoms with Crippen LogP contribution in [0.3, 0.4) is 0 Å². The maximum atomic E-state index is 12.8. The van der Waals surface area contributed by atoms with Gasteiger partial charge >= 0.3 is 0 Å². The van der Waals surface area contributed by atoms with Crippen molar-refractivity contribution in [3.05, 3.63) is 70.3 Å². The zero-order valence-corrected chi connectivity index (χ0v) is 19.2. The number of fused-ring (bicyclic) bond motifs is 2. The van der Waals surface area contributed by atoms with E-state index in [1.54, 1.807) is 4.90 Å². The minimum absolute atomic E-state index is 0.0000639. The molecule has 0 bridgehead atoms. The van der Waals surface area contributed by atoms with E-state index in [0.29, 0.717) is 13.1 Å². The Morgan fingerprint density at radius 3 is 2.74 bits per heavy atom. The molecular formula is C25H24BrN3O2. The number of halogens is 1. The first-order valence-electron chi connectivity index (χ1n) is 10.5. The number of likely N-dealkylation sites (tertiary alicyclic amines) is 1. The summed E-state index contributed by atoms with van der Waals surface area (Å²) >= 11 is 3.79. The fraction of sp³-hybridized carbons (Fsp3) is 0.280. The fourth-order valence-electron chi connectivity index (χ4n) is 5.04. The molecule has 1 aliphatic carbocycles. The minimum atomic E-state index is -0.0912. The van der Waals surface area contributed by atoms with Gasteiger partial charge < -0.3 is 14.8 Å². The Morgan fingerprint density at radius 1 is 1.26 bits per heavy atom. The smallest absolute Gasteiger partial charge is 0.246 e. The zero-order chi connectivity index (χ0) is 21.9. The Bertz CT molecular complexity index is 1250. The lowest BCUT2D eigenvalue weighted by Gasteiger charge is -2.38. The molecule has 1 unspecified atom stereocenters. The van der Waals surface area contributed by atoms with Gasteiger partial charge in [0.05, 0.1) is 11.6 Å². The molecule has 5 rings (SSSR count). The highest BCUT2D eigenvalue weighted by Crippen LogP contribution is 2.49. The number of aryl methyl sites for hydroxylation is 1. The molecule has 1 aliphatic heterocycles. The standard InChI is InChI=1S/C25H24BrN3O2/c1-4-22(31)28-10-16(11-28)27-21(30)13-29-12-19-18-8-6-5-7-17(18)15(3)23-20(26)9-14(2)25(29)24(19)23/h4-9,12,15-16H,1,10-11,13H2,2-3H3,(H,27,30). The predicted molar refractivity (Wildman–Crippen MR) is 126 cm³/mol. The van der Waals surface area contributed by atoms with Crippen LogP contribution in [0.2, 0.25) is 0 Å². The molecule has 0 spiro atoms. The summed E-state index contributed by atoms with van der Waals surface area (Å²) in [5.41, 5.74) is 7.27. The lowest BCUT2D eigenvalue weighted by Crippen LogP contribution is -2.61. The van der Waals surface area contributed by atoms with Crippen LogP contribution in [0, 0.1) is 6.92 Å². The number of carbonyl (C=O) groups excluding carboxylic acids is 2. The van der Waals surface area contributed by atoms with Crippen LogP contribution in [0.4, 0.5) is 0 Å². The molecule has 1 atom stereocenters. The number of rotatable bonds is 4. The number of hydrogen-bond acceptors (Lipinski definition) is 2. The van der Waals surface area contributed by atoms with Gasteiger partial charge in [0.1, 0.15) is 6.54 Å². The van der Waals surface area contributed by atoms with Crippen molar-refractivity contribution < 1.29 is 9.59 Å². The molecule has 3 aromatic rings. The number of nitrogens with zero attached hydrogens (tertiary/aromatic N) is 2. The maximum Gasteiger partial charge on any atom is 0.246 e. The second kappa shape index (κ2) is 7.38. The summed E-state index contributed by atoms with van der Waals surface area (Å²) in [6.45, 7) is 9.17. The number of carbonyl (C=O) groups is 2. The van der Waals surface area contributed by atoms with Crippen LogP contribution in [0.5, 0.6) is 0 Å². The van der Waals surface area contributed by atoms with Gasteiger partial charge in [0.15, 0.2) is 0 Å². The molecule has 2 aliphatic rings. The van der Waals surface area contributed by atoms with Gasteiger partial charge in [0.2, 0.25) is 11.8 Å². The van der Waals surface area contributed by atoms with E-state index in [4.69, 9.17) is 0 Å². The first kappa shape index (κ1) is 20.1. The molecule has 1 fully saturated rings. The maximum absolute atomic E-state index is 12.8. The van der Waals surface area contributed by atoms with E-state index in [1.165, 1.54) is 33.7 Å². The number of hydrogen-bond donors (Lipinski definition) is 1. The summed E-state index contributed by atoms with van der Waals surface area (Å²) in [5, 5.41) is 4.29. The summed E-state index contributed by atoms with van der Waals surface area (Å²) in [7, 11) is 0. The van der Waals surface area contributed by atoms with Gasteiger partial charge in [-0.1, -0.05) is 53.7 Å². The summed E-state index contributed by atoms with van der Waals surface area (Å²) in [5.74, 6) is 0.143. The minimum Gasteiger partial charge on any atom is -0.348 e. The van der Waals surface area contributed by atoms with E-state index >= 15 is 0 Å². The van der Waals surface area contributed by atoms with Crippen molar-refractivity contribution >= 4 is 38.6 Å². The molecule has 2 amide bonds. The Hall–Kier alpha value is -2.86.